The zero-order valence-electron chi connectivity index (χ0n) is 14.3. The summed E-state index contributed by atoms with van der Waals surface area (Å²) in [6, 6.07) is 10.6. The minimum absolute atomic E-state index is 0.0498. The number of hydrogen-bond donors (Lipinski definition) is 0. The maximum atomic E-state index is 11.4. The molecule has 0 saturated carbocycles. The molecule has 1 aromatic rings. The number of nitrogens with zero attached hydrogens (tertiary/aromatic N) is 1. The lowest BCUT2D eigenvalue weighted by molar-refractivity contribution is -0.287. The van der Waals surface area contributed by atoms with E-state index in [-0.39, 0.29) is 12.3 Å². The van der Waals surface area contributed by atoms with Crippen LogP contribution < -0.4 is 0 Å². The van der Waals surface area contributed by atoms with E-state index >= 15 is 0 Å². The molecule has 0 aliphatic carbocycles. The van der Waals surface area contributed by atoms with Crippen molar-refractivity contribution in [2.75, 3.05) is 6.61 Å². The van der Waals surface area contributed by atoms with Crippen LogP contribution in [0.4, 0.5) is 0 Å². The lowest BCUT2D eigenvalue weighted by Gasteiger charge is -2.33. The summed E-state index contributed by atoms with van der Waals surface area (Å²) in [5, 5.41) is 1.45. The third-order valence-corrected chi connectivity index (χ3v) is 4.67. The van der Waals surface area contributed by atoms with Crippen LogP contribution in [0.15, 0.2) is 30.3 Å². The van der Waals surface area contributed by atoms with Gasteiger partial charge in [-0.05, 0) is 50.5 Å². The third-order valence-electron chi connectivity index (χ3n) is 4.67. The Morgan fingerprint density at radius 1 is 1.30 bits per heavy atom. The lowest BCUT2D eigenvalue weighted by atomic mass is 9.95. The van der Waals surface area contributed by atoms with Crippen molar-refractivity contribution in [1.82, 2.24) is 5.06 Å². The molecule has 128 valence electrons. The molecular weight excluding hydrogens is 290 g/mol. The zero-order chi connectivity index (χ0) is 16.5. The molecule has 1 aromatic carbocycles. The zero-order valence-corrected chi connectivity index (χ0v) is 14.3. The van der Waals surface area contributed by atoms with E-state index in [1.54, 1.807) is 0 Å². The Balaban J connectivity index is 1.74. The summed E-state index contributed by atoms with van der Waals surface area (Å²) in [6.45, 7) is 4.94. The summed E-state index contributed by atoms with van der Waals surface area (Å²) in [4.78, 5) is 17.1. The van der Waals surface area contributed by atoms with Crippen LogP contribution in [0.1, 0.15) is 51.5 Å². The van der Waals surface area contributed by atoms with E-state index in [0.29, 0.717) is 5.92 Å². The Morgan fingerprint density at radius 2 is 2.09 bits per heavy atom. The fourth-order valence-electron chi connectivity index (χ4n) is 2.91. The molecule has 1 fully saturated rings. The van der Waals surface area contributed by atoms with E-state index in [9.17, 15) is 4.79 Å². The molecule has 1 saturated heterocycles. The van der Waals surface area contributed by atoms with E-state index in [1.807, 2.05) is 13.0 Å². The maximum absolute atomic E-state index is 11.4. The van der Waals surface area contributed by atoms with Gasteiger partial charge in [0.2, 0.25) is 6.41 Å². The number of hydroxylamine groups is 2. The topological polar surface area (TPSA) is 38.8 Å². The molecule has 1 heterocycles. The minimum Gasteiger partial charge on any atom is -0.350 e. The molecular formula is C19H29NO3. The van der Waals surface area contributed by atoms with E-state index in [1.165, 1.54) is 10.6 Å². The first-order chi connectivity index (χ1) is 11.2. The largest absolute Gasteiger partial charge is 0.350 e. The van der Waals surface area contributed by atoms with E-state index in [2.05, 4.69) is 31.2 Å². The van der Waals surface area contributed by atoms with Crippen LogP contribution in [0.5, 0.6) is 0 Å². The third kappa shape index (κ3) is 5.96. The first-order valence-electron chi connectivity index (χ1n) is 8.76. The van der Waals surface area contributed by atoms with Crippen LogP contribution in [-0.2, 0) is 20.8 Å². The van der Waals surface area contributed by atoms with Gasteiger partial charge in [0.1, 0.15) is 0 Å². The fraction of sp³-hybridized carbons (Fsp3) is 0.632. The predicted octanol–water partition coefficient (Wildman–Crippen LogP) is 3.95. The highest BCUT2D eigenvalue weighted by Gasteiger charge is 2.24. The summed E-state index contributed by atoms with van der Waals surface area (Å²) >= 11 is 0. The molecule has 0 radical (unpaired) electrons. The van der Waals surface area contributed by atoms with Gasteiger partial charge in [0.05, 0.1) is 6.04 Å². The highest BCUT2D eigenvalue weighted by atomic mass is 16.8. The summed E-state index contributed by atoms with van der Waals surface area (Å²) < 4.78 is 5.56. The van der Waals surface area contributed by atoms with Gasteiger partial charge in [-0.15, -0.1) is 0 Å². The molecule has 2 rings (SSSR count). The van der Waals surface area contributed by atoms with Gasteiger partial charge in [-0.2, -0.15) is 0 Å². The van der Waals surface area contributed by atoms with E-state index in [0.717, 1.165) is 51.5 Å². The van der Waals surface area contributed by atoms with Crippen molar-refractivity contribution in [3.8, 4) is 0 Å². The number of ether oxygens (including phenoxy) is 1. The van der Waals surface area contributed by atoms with Gasteiger partial charge in [0, 0.05) is 13.0 Å². The predicted molar refractivity (Wildman–Crippen MR) is 90.6 cm³/mol. The molecule has 4 nitrogen and oxygen atoms in total. The van der Waals surface area contributed by atoms with Crippen LogP contribution in [0.3, 0.4) is 0 Å². The standard InChI is InChI=1S/C19H29NO3/c1-16(9-8-12-18-10-4-3-5-11-18)17(2)20(15-21)23-19-13-6-7-14-22-19/h3-5,10-11,15-17,19H,6-9,12-14H2,1-2H3/t16-,17+,19?/m1/s1. The Morgan fingerprint density at radius 3 is 2.74 bits per heavy atom. The molecule has 1 amide bonds. The van der Waals surface area contributed by atoms with Crippen molar-refractivity contribution >= 4 is 6.41 Å². The summed E-state index contributed by atoms with van der Waals surface area (Å²) in [5.41, 5.74) is 1.37. The Kier molecular flexibility index (Phi) is 7.56. The summed E-state index contributed by atoms with van der Waals surface area (Å²) in [5.74, 6) is 0.382. The lowest BCUT2D eigenvalue weighted by Crippen LogP contribution is -2.41. The van der Waals surface area contributed by atoms with Crippen molar-refractivity contribution in [1.29, 1.82) is 0 Å². The van der Waals surface area contributed by atoms with Crippen molar-refractivity contribution < 1.29 is 14.4 Å². The number of amides is 1. The smallest absolute Gasteiger partial charge is 0.233 e. The number of carbonyl (C=O) groups is 1. The summed E-state index contributed by atoms with van der Waals surface area (Å²) in [7, 11) is 0. The average Bonchev–Trinajstić information content (AvgIpc) is 2.60. The van der Waals surface area contributed by atoms with Gasteiger partial charge >= 0.3 is 0 Å². The highest BCUT2D eigenvalue weighted by molar-refractivity contribution is 5.45. The molecule has 3 atom stereocenters. The van der Waals surface area contributed by atoms with Gasteiger partial charge < -0.3 is 4.74 Å². The molecule has 23 heavy (non-hydrogen) atoms. The van der Waals surface area contributed by atoms with Gasteiger partial charge in [-0.1, -0.05) is 37.3 Å². The Labute approximate surface area is 139 Å². The number of hydrogen-bond acceptors (Lipinski definition) is 3. The molecule has 0 N–H and O–H groups in total. The normalized spacial score (nSPS) is 20.7. The molecule has 1 unspecified atom stereocenters. The molecule has 0 bridgehead atoms. The first kappa shape index (κ1) is 18.0. The van der Waals surface area contributed by atoms with Crippen molar-refractivity contribution in [3.63, 3.8) is 0 Å². The quantitative estimate of drug-likeness (QED) is 0.511. The number of benzene rings is 1. The monoisotopic (exact) mass is 319 g/mol. The molecule has 1 aliphatic heterocycles. The van der Waals surface area contributed by atoms with Crippen molar-refractivity contribution in [2.45, 2.75) is 64.7 Å². The molecule has 4 heteroatoms. The highest BCUT2D eigenvalue weighted by Crippen LogP contribution is 2.21. The SMILES string of the molecule is C[C@H](CCCc1ccccc1)[C@H](C)N(C=O)OC1CCCCO1. The fourth-order valence-corrected chi connectivity index (χ4v) is 2.91. The van der Waals surface area contributed by atoms with Crippen LogP contribution in [0.25, 0.3) is 0 Å². The Bertz CT molecular complexity index is 445. The van der Waals surface area contributed by atoms with Gasteiger partial charge in [0.25, 0.3) is 0 Å². The van der Waals surface area contributed by atoms with E-state index < -0.39 is 0 Å². The number of rotatable bonds is 9. The van der Waals surface area contributed by atoms with Crippen molar-refractivity contribution in [2.24, 2.45) is 5.92 Å². The van der Waals surface area contributed by atoms with Gasteiger partial charge in [0.15, 0.2) is 6.29 Å². The second-order valence-electron chi connectivity index (χ2n) is 6.46. The molecule has 0 spiro atoms. The first-order valence-corrected chi connectivity index (χ1v) is 8.76. The van der Waals surface area contributed by atoms with E-state index in [4.69, 9.17) is 9.57 Å². The van der Waals surface area contributed by atoms with Crippen LogP contribution in [0, 0.1) is 5.92 Å². The Hall–Kier alpha value is -1.39. The van der Waals surface area contributed by atoms with Crippen LogP contribution in [-0.4, -0.2) is 30.4 Å². The number of carbonyl (C=O) groups excluding carboxylic acids is 1. The van der Waals surface area contributed by atoms with Crippen LogP contribution in [0.2, 0.25) is 0 Å². The summed E-state index contributed by atoms with van der Waals surface area (Å²) in [6.07, 6.45) is 6.80. The second kappa shape index (κ2) is 9.68. The molecule has 0 aromatic heterocycles. The van der Waals surface area contributed by atoms with Gasteiger partial charge in [-0.25, -0.2) is 9.90 Å². The van der Waals surface area contributed by atoms with Crippen molar-refractivity contribution in [3.05, 3.63) is 35.9 Å². The molecule has 1 aliphatic rings. The average molecular weight is 319 g/mol. The van der Waals surface area contributed by atoms with Gasteiger partial charge in [-0.3, -0.25) is 4.79 Å². The maximum Gasteiger partial charge on any atom is 0.233 e. The van der Waals surface area contributed by atoms with Crippen LogP contribution >= 0.6 is 0 Å². The minimum atomic E-state index is -0.270. The number of aryl methyl sites for hydroxylation is 1. The second-order valence-corrected chi connectivity index (χ2v) is 6.46.